The number of methoxy groups -OCH3 is 1. The molecule has 4 aromatic heterocycles. The summed E-state index contributed by atoms with van der Waals surface area (Å²) in [5, 5.41) is 14.4. The van der Waals surface area contributed by atoms with Crippen molar-refractivity contribution in [3.05, 3.63) is 48.5 Å². The summed E-state index contributed by atoms with van der Waals surface area (Å²) in [4.78, 5) is 13.2. The number of aromatic nitrogens is 7. The predicted octanol–water partition coefficient (Wildman–Crippen LogP) is 2.31. The first-order valence-electron chi connectivity index (χ1n) is 7.71. The number of nitrogens with zero attached hydrogens (tertiary/aromatic N) is 6. The minimum absolute atomic E-state index is 0.0111. The highest BCUT2D eigenvalue weighted by molar-refractivity contribution is 5.72. The van der Waals surface area contributed by atoms with Gasteiger partial charge in [-0.2, -0.15) is 5.10 Å². The van der Waals surface area contributed by atoms with Crippen LogP contribution in [0.2, 0.25) is 0 Å². The van der Waals surface area contributed by atoms with Crippen molar-refractivity contribution in [3.63, 3.8) is 0 Å². The van der Waals surface area contributed by atoms with E-state index < -0.39 is 0 Å². The summed E-state index contributed by atoms with van der Waals surface area (Å²) in [6.45, 7) is 2.05. The van der Waals surface area contributed by atoms with Crippen molar-refractivity contribution >= 4 is 22.8 Å². The van der Waals surface area contributed by atoms with Gasteiger partial charge >= 0.3 is 0 Å². The Bertz CT molecular complexity index is 994. The molecule has 0 spiro atoms. The molecule has 25 heavy (non-hydrogen) atoms. The highest BCUT2D eigenvalue weighted by atomic mass is 16.5. The van der Waals surface area contributed by atoms with Crippen molar-refractivity contribution < 1.29 is 4.74 Å². The van der Waals surface area contributed by atoms with Crippen LogP contribution in [0.1, 0.15) is 18.5 Å². The van der Waals surface area contributed by atoms with E-state index in [2.05, 4.69) is 35.6 Å². The Morgan fingerprint density at radius 2 is 2.20 bits per heavy atom. The van der Waals surface area contributed by atoms with E-state index in [1.165, 1.54) is 0 Å². The fourth-order valence-corrected chi connectivity index (χ4v) is 2.54. The van der Waals surface area contributed by atoms with Gasteiger partial charge in [-0.1, -0.05) is 6.07 Å². The summed E-state index contributed by atoms with van der Waals surface area (Å²) in [6, 6.07) is 5.64. The van der Waals surface area contributed by atoms with Gasteiger partial charge in [0.05, 0.1) is 25.5 Å². The lowest BCUT2D eigenvalue weighted by Gasteiger charge is -2.13. The summed E-state index contributed by atoms with van der Waals surface area (Å²) < 4.78 is 6.88. The van der Waals surface area contributed by atoms with E-state index in [1.807, 2.05) is 29.9 Å². The topological polar surface area (TPSA) is 106 Å². The van der Waals surface area contributed by atoms with Crippen LogP contribution in [0.15, 0.2) is 43.0 Å². The molecule has 9 heteroatoms. The normalized spacial score (nSPS) is 12.2. The van der Waals surface area contributed by atoms with Gasteiger partial charge in [-0.15, -0.1) is 5.10 Å². The van der Waals surface area contributed by atoms with Gasteiger partial charge < -0.3 is 10.1 Å². The Morgan fingerprint density at radius 1 is 1.28 bits per heavy atom. The van der Waals surface area contributed by atoms with Crippen LogP contribution in [0.3, 0.4) is 0 Å². The third-order valence-corrected chi connectivity index (χ3v) is 3.86. The smallest absolute Gasteiger partial charge is 0.234 e. The standard InChI is InChI=1S/C16H16N8O/c1-10(11-4-3-5-17-7-11)24-16-12(8-19-24)18-9-14(21-16)20-13-6-15(25-2)23-22-13/h3-10H,1-2H3,(H2,20,21,22,23). The fraction of sp³-hybridized carbons (Fsp3) is 0.188. The highest BCUT2D eigenvalue weighted by Gasteiger charge is 2.15. The molecular formula is C16H16N8O. The van der Waals surface area contributed by atoms with Crippen LogP contribution in [-0.4, -0.2) is 42.0 Å². The summed E-state index contributed by atoms with van der Waals surface area (Å²) in [5.41, 5.74) is 2.46. The van der Waals surface area contributed by atoms with E-state index >= 15 is 0 Å². The summed E-state index contributed by atoms with van der Waals surface area (Å²) in [6.07, 6.45) is 6.93. The molecule has 0 saturated carbocycles. The zero-order valence-electron chi connectivity index (χ0n) is 13.7. The summed E-state index contributed by atoms with van der Waals surface area (Å²) in [7, 11) is 1.56. The number of hydrogen-bond acceptors (Lipinski definition) is 7. The number of aromatic amines is 1. The number of pyridine rings is 1. The molecule has 2 N–H and O–H groups in total. The molecule has 126 valence electrons. The van der Waals surface area contributed by atoms with Gasteiger partial charge in [0.25, 0.3) is 0 Å². The molecule has 0 fully saturated rings. The van der Waals surface area contributed by atoms with Gasteiger partial charge in [0.2, 0.25) is 5.88 Å². The molecule has 4 heterocycles. The third-order valence-electron chi connectivity index (χ3n) is 3.86. The molecule has 1 atom stereocenters. The van der Waals surface area contributed by atoms with Crippen LogP contribution in [0.25, 0.3) is 11.2 Å². The quantitative estimate of drug-likeness (QED) is 0.576. The van der Waals surface area contributed by atoms with Crippen molar-refractivity contribution in [2.75, 3.05) is 12.4 Å². The van der Waals surface area contributed by atoms with Crippen molar-refractivity contribution in [1.82, 2.24) is 34.9 Å². The molecule has 0 saturated heterocycles. The lowest BCUT2D eigenvalue weighted by atomic mass is 10.1. The van der Waals surface area contributed by atoms with Crippen molar-refractivity contribution in [2.45, 2.75) is 13.0 Å². The molecule has 4 aromatic rings. The van der Waals surface area contributed by atoms with Gasteiger partial charge in [0.15, 0.2) is 11.5 Å². The average molecular weight is 336 g/mol. The Morgan fingerprint density at radius 3 is 2.96 bits per heavy atom. The number of anilines is 2. The lowest BCUT2D eigenvalue weighted by Crippen LogP contribution is -2.10. The predicted molar refractivity (Wildman–Crippen MR) is 91.8 cm³/mol. The molecule has 4 rings (SSSR count). The summed E-state index contributed by atoms with van der Waals surface area (Å²) in [5.74, 6) is 1.74. The van der Waals surface area contributed by atoms with E-state index in [1.54, 1.807) is 31.8 Å². The largest absolute Gasteiger partial charge is 0.480 e. The minimum Gasteiger partial charge on any atom is -0.480 e. The highest BCUT2D eigenvalue weighted by Crippen LogP contribution is 2.22. The number of ether oxygens (including phenoxy) is 1. The molecule has 0 aliphatic heterocycles. The number of hydrogen-bond donors (Lipinski definition) is 2. The second-order valence-corrected chi connectivity index (χ2v) is 5.46. The molecule has 0 aliphatic carbocycles. The third kappa shape index (κ3) is 2.87. The van der Waals surface area contributed by atoms with Crippen LogP contribution in [0.4, 0.5) is 11.6 Å². The Balaban J connectivity index is 1.67. The first kappa shape index (κ1) is 15.1. The average Bonchev–Trinajstić information content (AvgIpc) is 3.28. The molecule has 0 aromatic carbocycles. The molecule has 0 aliphatic rings. The number of nitrogens with one attached hydrogen (secondary N) is 2. The van der Waals surface area contributed by atoms with Gasteiger partial charge in [-0.05, 0) is 18.6 Å². The Labute approximate surface area is 143 Å². The maximum absolute atomic E-state index is 5.05. The number of rotatable bonds is 5. The van der Waals surface area contributed by atoms with Gasteiger partial charge in [-0.3, -0.25) is 10.1 Å². The monoisotopic (exact) mass is 336 g/mol. The second kappa shape index (κ2) is 6.19. The first-order chi connectivity index (χ1) is 12.2. The Hall–Kier alpha value is -3.49. The van der Waals surface area contributed by atoms with Gasteiger partial charge in [-0.25, -0.2) is 14.6 Å². The SMILES string of the molecule is COc1cc(Nc2cnc3cnn(C(C)c4cccnc4)c3n2)[nH]n1. The fourth-order valence-electron chi connectivity index (χ4n) is 2.54. The molecule has 0 amide bonds. The molecular weight excluding hydrogens is 320 g/mol. The summed E-state index contributed by atoms with van der Waals surface area (Å²) >= 11 is 0. The van der Waals surface area contributed by atoms with Crippen LogP contribution in [0.5, 0.6) is 5.88 Å². The van der Waals surface area contributed by atoms with Gasteiger partial charge in [0, 0.05) is 18.5 Å². The van der Waals surface area contributed by atoms with Gasteiger partial charge in [0.1, 0.15) is 11.3 Å². The maximum atomic E-state index is 5.05. The lowest BCUT2D eigenvalue weighted by molar-refractivity contribution is 0.397. The van der Waals surface area contributed by atoms with Crippen LogP contribution in [0, 0.1) is 0 Å². The zero-order chi connectivity index (χ0) is 17.2. The Kier molecular flexibility index (Phi) is 3.73. The molecule has 1 unspecified atom stereocenters. The molecule has 0 radical (unpaired) electrons. The maximum Gasteiger partial charge on any atom is 0.234 e. The van der Waals surface area contributed by atoms with Crippen LogP contribution in [-0.2, 0) is 0 Å². The van der Waals surface area contributed by atoms with E-state index in [9.17, 15) is 0 Å². The van der Waals surface area contributed by atoms with E-state index in [4.69, 9.17) is 4.74 Å². The minimum atomic E-state index is -0.0111. The second-order valence-electron chi connectivity index (χ2n) is 5.46. The van der Waals surface area contributed by atoms with E-state index in [0.29, 0.717) is 23.2 Å². The number of fused-ring (bicyclic) bond motifs is 1. The first-order valence-corrected chi connectivity index (χ1v) is 7.71. The zero-order valence-corrected chi connectivity index (χ0v) is 13.7. The van der Waals surface area contributed by atoms with E-state index in [-0.39, 0.29) is 6.04 Å². The van der Waals surface area contributed by atoms with E-state index in [0.717, 1.165) is 11.1 Å². The molecule has 9 nitrogen and oxygen atoms in total. The van der Waals surface area contributed by atoms with Crippen molar-refractivity contribution in [3.8, 4) is 5.88 Å². The van der Waals surface area contributed by atoms with Crippen LogP contribution >= 0.6 is 0 Å². The molecule has 0 bridgehead atoms. The number of H-pyrrole nitrogens is 1. The van der Waals surface area contributed by atoms with Crippen molar-refractivity contribution in [2.24, 2.45) is 0 Å². The van der Waals surface area contributed by atoms with Crippen molar-refractivity contribution in [1.29, 1.82) is 0 Å². The van der Waals surface area contributed by atoms with Crippen LogP contribution < -0.4 is 10.1 Å².